The van der Waals surface area contributed by atoms with Crippen LogP contribution in [0.1, 0.15) is 35.0 Å². The van der Waals surface area contributed by atoms with Gasteiger partial charge in [-0.25, -0.2) is 14.2 Å². The molecule has 1 heterocycles. The van der Waals surface area contributed by atoms with Crippen LogP contribution in [0.25, 0.3) is 5.69 Å². The minimum Gasteiger partial charge on any atom is -0.462 e. The molecular weight excluding hydrogens is 332 g/mol. The zero-order valence-electron chi connectivity index (χ0n) is 13.5. The van der Waals surface area contributed by atoms with E-state index in [9.17, 15) is 14.4 Å². The first kappa shape index (κ1) is 16.5. The Morgan fingerprint density at radius 3 is 2.75 bits per heavy atom. The summed E-state index contributed by atoms with van der Waals surface area (Å²) in [6.45, 7) is 1.90. The van der Waals surface area contributed by atoms with Crippen LogP contribution in [0.15, 0.2) is 27.8 Å². The van der Waals surface area contributed by atoms with Gasteiger partial charge in [0.05, 0.1) is 22.9 Å². The Bertz CT molecular complexity index is 943. The van der Waals surface area contributed by atoms with Crippen molar-refractivity contribution in [1.82, 2.24) is 9.13 Å². The summed E-state index contributed by atoms with van der Waals surface area (Å²) in [5.74, 6) is -0.588. The second-order valence-electron chi connectivity index (χ2n) is 5.65. The third-order valence-electron chi connectivity index (χ3n) is 4.24. The fourth-order valence-electron chi connectivity index (χ4n) is 3.06. The molecule has 0 bridgehead atoms. The topological polar surface area (TPSA) is 70.3 Å². The van der Waals surface area contributed by atoms with Gasteiger partial charge in [-0.3, -0.25) is 4.79 Å². The Hall–Kier alpha value is -2.34. The van der Waals surface area contributed by atoms with Crippen molar-refractivity contribution in [2.45, 2.75) is 26.2 Å². The standard InChI is InChI=1S/C17H17ClN2O4/c1-3-24-16(22)12-9-10(7-8-13(12)18)20-15(21)11-5-4-6-14(11)19(2)17(20)23/h7-9H,3-6H2,1-2H3. The lowest BCUT2D eigenvalue weighted by atomic mass is 10.2. The summed E-state index contributed by atoms with van der Waals surface area (Å²) in [5.41, 5.74) is 1.12. The quantitative estimate of drug-likeness (QED) is 0.794. The second kappa shape index (κ2) is 6.28. The fraction of sp³-hybridized carbons (Fsp3) is 0.353. The number of aromatic nitrogens is 2. The number of hydrogen-bond acceptors (Lipinski definition) is 4. The zero-order chi connectivity index (χ0) is 17.4. The first-order chi connectivity index (χ1) is 11.5. The Labute approximate surface area is 143 Å². The van der Waals surface area contributed by atoms with E-state index in [4.69, 9.17) is 16.3 Å². The largest absolute Gasteiger partial charge is 0.462 e. The Balaban J connectivity index is 2.23. The van der Waals surface area contributed by atoms with Crippen LogP contribution in [0.5, 0.6) is 0 Å². The van der Waals surface area contributed by atoms with Gasteiger partial charge in [-0.05, 0) is 44.4 Å². The molecule has 0 unspecified atom stereocenters. The van der Waals surface area contributed by atoms with Gasteiger partial charge in [0.2, 0.25) is 0 Å². The van der Waals surface area contributed by atoms with Crippen LogP contribution in [-0.2, 0) is 24.6 Å². The van der Waals surface area contributed by atoms with E-state index in [1.807, 2.05) is 0 Å². The van der Waals surface area contributed by atoms with E-state index in [2.05, 4.69) is 0 Å². The molecule has 0 saturated carbocycles. The summed E-state index contributed by atoms with van der Waals surface area (Å²) in [6, 6.07) is 4.46. The molecule has 6 nitrogen and oxygen atoms in total. The van der Waals surface area contributed by atoms with Gasteiger partial charge in [0, 0.05) is 18.3 Å². The van der Waals surface area contributed by atoms with E-state index in [0.717, 1.165) is 23.1 Å². The van der Waals surface area contributed by atoms with E-state index < -0.39 is 11.7 Å². The lowest BCUT2D eigenvalue weighted by Gasteiger charge is -2.13. The maximum atomic E-state index is 12.7. The minimum absolute atomic E-state index is 0.130. The van der Waals surface area contributed by atoms with E-state index in [0.29, 0.717) is 17.7 Å². The number of rotatable bonds is 3. The van der Waals surface area contributed by atoms with Gasteiger partial charge in [0.25, 0.3) is 5.56 Å². The van der Waals surface area contributed by atoms with Gasteiger partial charge < -0.3 is 9.30 Å². The number of nitrogens with zero attached hydrogens (tertiary/aromatic N) is 2. The van der Waals surface area contributed by atoms with E-state index in [1.54, 1.807) is 20.0 Å². The van der Waals surface area contributed by atoms with Crippen molar-refractivity contribution in [3.8, 4) is 5.69 Å². The third-order valence-corrected chi connectivity index (χ3v) is 4.57. The van der Waals surface area contributed by atoms with E-state index >= 15 is 0 Å². The molecule has 0 atom stereocenters. The molecule has 1 aromatic carbocycles. The number of carbonyl (C=O) groups excluding carboxylic acids is 1. The Morgan fingerprint density at radius 2 is 2.04 bits per heavy atom. The first-order valence-electron chi connectivity index (χ1n) is 7.76. The molecule has 0 fully saturated rings. The number of fused-ring (bicyclic) bond motifs is 1. The Morgan fingerprint density at radius 1 is 1.29 bits per heavy atom. The highest BCUT2D eigenvalue weighted by atomic mass is 35.5. The van der Waals surface area contributed by atoms with Crippen molar-refractivity contribution in [3.63, 3.8) is 0 Å². The van der Waals surface area contributed by atoms with Gasteiger partial charge in [-0.1, -0.05) is 11.6 Å². The van der Waals surface area contributed by atoms with Gasteiger partial charge >= 0.3 is 11.7 Å². The molecular formula is C17H17ClN2O4. The summed E-state index contributed by atoms with van der Waals surface area (Å²) >= 11 is 6.05. The summed E-state index contributed by atoms with van der Waals surface area (Å²) in [5, 5.41) is 0.211. The minimum atomic E-state index is -0.588. The molecule has 1 aliphatic carbocycles. The lowest BCUT2D eigenvalue weighted by molar-refractivity contribution is 0.0526. The number of benzene rings is 1. The van der Waals surface area contributed by atoms with Crippen LogP contribution in [0.4, 0.5) is 0 Å². The van der Waals surface area contributed by atoms with Crippen LogP contribution in [-0.4, -0.2) is 21.7 Å². The normalized spacial score (nSPS) is 13.0. The molecule has 126 valence electrons. The van der Waals surface area contributed by atoms with E-state index in [1.165, 1.54) is 16.7 Å². The molecule has 0 N–H and O–H groups in total. The van der Waals surface area contributed by atoms with Crippen molar-refractivity contribution >= 4 is 17.6 Å². The summed E-state index contributed by atoms with van der Waals surface area (Å²) in [7, 11) is 1.66. The number of halogens is 1. The molecule has 3 rings (SSSR count). The summed E-state index contributed by atoms with van der Waals surface area (Å²) < 4.78 is 7.55. The highest BCUT2D eigenvalue weighted by Gasteiger charge is 2.23. The molecule has 0 spiro atoms. The van der Waals surface area contributed by atoms with Gasteiger partial charge in [-0.15, -0.1) is 0 Å². The monoisotopic (exact) mass is 348 g/mol. The summed E-state index contributed by atoms with van der Waals surface area (Å²) in [4.78, 5) is 37.3. The van der Waals surface area contributed by atoms with Crippen molar-refractivity contribution in [3.05, 3.63) is 60.9 Å². The van der Waals surface area contributed by atoms with Crippen LogP contribution in [0, 0.1) is 0 Å². The highest BCUT2D eigenvalue weighted by molar-refractivity contribution is 6.33. The molecule has 24 heavy (non-hydrogen) atoms. The first-order valence-corrected chi connectivity index (χ1v) is 8.14. The van der Waals surface area contributed by atoms with Crippen molar-refractivity contribution in [2.75, 3.05) is 6.61 Å². The maximum absolute atomic E-state index is 12.7. The van der Waals surface area contributed by atoms with Crippen LogP contribution < -0.4 is 11.2 Å². The number of carbonyl (C=O) groups is 1. The smallest absolute Gasteiger partial charge is 0.339 e. The van der Waals surface area contributed by atoms with Crippen molar-refractivity contribution in [1.29, 1.82) is 0 Å². The molecule has 7 heteroatoms. The summed E-state index contributed by atoms with van der Waals surface area (Å²) in [6.07, 6.45) is 2.24. The number of hydrogen-bond donors (Lipinski definition) is 0. The van der Waals surface area contributed by atoms with Gasteiger partial charge in [0.1, 0.15) is 0 Å². The third kappa shape index (κ3) is 2.57. The average molecular weight is 349 g/mol. The SMILES string of the molecule is CCOC(=O)c1cc(-n2c(=O)c3c(n(C)c2=O)CCC3)ccc1Cl. The molecule has 0 saturated heterocycles. The molecule has 1 aliphatic rings. The zero-order valence-corrected chi connectivity index (χ0v) is 14.2. The maximum Gasteiger partial charge on any atom is 0.339 e. The molecule has 1 aromatic heterocycles. The predicted octanol–water partition coefficient (Wildman–Crippen LogP) is 1.85. The van der Waals surface area contributed by atoms with Crippen LogP contribution in [0.3, 0.4) is 0 Å². The Kier molecular flexibility index (Phi) is 4.32. The second-order valence-corrected chi connectivity index (χ2v) is 6.05. The van der Waals surface area contributed by atoms with Crippen LogP contribution in [0.2, 0.25) is 5.02 Å². The number of esters is 1. The highest BCUT2D eigenvalue weighted by Crippen LogP contribution is 2.21. The predicted molar refractivity (Wildman–Crippen MR) is 90.3 cm³/mol. The van der Waals surface area contributed by atoms with Crippen molar-refractivity contribution < 1.29 is 9.53 Å². The molecule has 0 amide bonds. The fourth-order valence-corrected chi connectivity index (χ4v) is 3.26. The molecule has 0 radical (unpaired) electrons. The van der Waals surface area contributed by atoms with Crippen LogP contribution >= 0.6 is 11.6 Å². The molecule has 2 aromatic rings. The van der Waals surface area contributed by atoms with Crippen molar-refractivity contribution in [2.24, 2.45) is 7.05 Å². The van der Waals surface area contributed by atoms with E-state index in [-0.39, 0.29) is 22.8 Å². The number of ether oxygens (including phenoxy) is 1. The average Bonchev–Trinajstić information content (AvgIpc) is 3.04. The van der Waals surface area contributed by atoms with Gasteiger partial charge in [-0.2, -0.15) is 0 Å². The molecule has 0 aliphatic heterocycles. The van der Waals surface area contributed by atoms with Gasteiger partial charge in [0.15, 0.2) is 0 Å². The lowest BCUT2D eigenvalue weighted by Crippen LogP contribution is -2.40.